The van der Waals surface area contributed by atoms with Crippen molar-refractivity contribution in [3.05, 3.63) is 95.6 Å². The summed E-state index contributed by atoms with van der Waals surface area (Å²) in [5, 5.41) is 3.22. The lowest BCUT2D eigenvalue weighted by atomic mass is 10.2. The smallest absolute Gasteiger partial charge is 0.325 e. The number of benzene rings is 3. The van der Waals surface area contributed by atoms with E-state index in [1.165, 1.54) is 0 Å². The van der Waals surface area contributed by atoms with Crippen molar-refractivity contribution in [1.82, 2.24) is 5.32 Å². The summed E-state index contributed by atoms with van der Waals surface area (Å²) >= 11 is 0. The van der Waals surface area contributed by atoms with Crippen LogP contribution in [0.15, 0.2) is 78.9 Å². The monoisotopic (exact) mass is 441 g/mol. The zero-order valence-corrected chi connectivity index (χ0v) is 18.2. The second kappa shape index (κ2) is 11.7. The molecule has 0 saturated carbocycles. The summed E-state index contributed by atoms with van der Waals surface area (Å²) in [5.41, 5.74) is 3.13. The maximum Gasteiger partial charge on any atom is 0.325 e. The minimum Gasteiger partial charge on any atom is -0.489 e. The summed E-state index contributed by atoms with van der Waals surface area (Å²) < 4.78 is 22.9. The van der Waals surface area contributed by atoms with Gasteiger partial charge in [-0.3, -0.25) is 4.57 Å². The molecule has 31 heavy (non-hydrogen) atoms. The van der Waals surface area contributed by atoms with E-state index >= 15 is 0 Å². The predicted octanol–water partition coefficient (Wildman–Crippen LogP) is 4.50. The average Bonchev–Trinajstić information content (AvgIpc) is 2.77. The third kappa shape index (κ3) is 8.95. The van der Waals surface area contributed by atoms with E-state index < -0.39 is 7.60 Å². The maximum atomic E-state index is 11.0. The third-order valence-electron chi connectivity index (χ3n) is 4.57. The summed E-state index contributed by atoms with van der Waals surface area (Å²) in [4.78, 5) is 17.9. The summed E-state index contributed by atoms with van der Waals surface area (Å²) in [7, 11) is -3.95. The van der Waals surface area contributed by atoms with E-state index in [4.69, 9.17) is 19.3 Å². The van der Waals surface area contributed by atoms with Crippen molar-refractivity contribution in [3.63, 3.8) is 0 Å². The predicted molar refractivity (Wildman–Crippen MR) is 121 cm³/mol. The number of rotatable bonds is 12. The molecule has 0 spiro atoms. The van der Waals surface area contributed by atoms with Crippen molar-refractivity contribution in [2.24, 2.45) is 0 Å². The van der Waals surface area contributed by atoms with E-state index in [0.29, 0.717) is 44.2 Å². The van der Waals surface area contributed by atoms with Crippen LogP contribution in [0.1, 0.15) is 23.1 Å². The molecule has 3 N–H and O–H groups in total. The molecule has 0 atom stereocenters. The number of ether oxygens (including phenoxy) is 2. The fraction of sp³-hybridized carbons (Fsp3) is 0.250. The molecule has 0 aliphatic carbocycles. The van der Waals surface area contributed by atoms with Gasteiger partial charge < -0.3 is 24.6 Å². The van der Waals surface area contributed by atoms with Crippen molar-refractivity contribution < 1.29 is 23.8 Å². The molecule has 0 aliphatic rings. The molecule has 0 saturated heterocycles. The van der Waals surface area contributed by atoms with Crippen LogP contribution in [0.2, 0.25) is 0 Å². The SMILES string of the molecule is O=P(O)(O)CCCNCc1cc(OCc2ccccc2)cc(OCc2ccccc2)c1. The summed E-state index contributed by atoms with van der Waals surface area (Å²) in [5.74, 6) is 1.42. The summed E-state index contributed by atoms with van der Waals surface area (Å²) in [6.45, 7) is 1.97. The van der Waals surface area contributed by atoms with Crippen LogP contribution < -0.4 is 14.8 Å². The Bertz CT molecular complexity index is 914. The first-order chi connectivity index (χ1) is 15.0. The van der Waals surface area contributed by atoms with Gasteiger partial charge in [0.05, 0.1) is 6.16 Å². The standard InChI is InChI=1S/C24H28NO5P/c26-31(27,28)13-7-12-25-17-22-14-23(29-18-20-8-3-1-4-9-20)16-24(15-22)30-19-21-10-5-2-6-11-21/h1-6,8-11,14-16,25H,7,12-13,17-19H2,(H2,26,27,28). The van der Waals surface area contributed by atoms with Crippen LogP contribution in [0.4, 0.5) is 0 Å². The topological polar surface area (TPSA) is 88.0 Å². The number of hydrogen-bond donors (Lipinski definition) is 3. The molecule has 6 nitrogen and oxygen atoms in total. The Morgan fingerprint density at radius 1 is 0.742 bits per heavy atom. The van der Waals surface area contributed by atoms with Gasteiger partial charge in [0.1, 0.15) is 24.7 Å². The lowest BCUT2D eigenvalue weighted by Gasteiger charge is -2.13. The van der Waals surface area contributed by atoms with Crippen molar-refractivity contribution in [2.45, 2.75) is 26.2 Å². The molecule has 0 fully saturated rings. The van der Waals surface area contributed by atoms with E-state index in [9.17, 15) is 4.57 Å². The van der Waals surface area contributed by atoms with Gasteiger partial charge in [0, 0.05) is 12.6 Å². The van der Waals surface area contributed by atoms with Crippen LogP contribution in [0, 0.1) is 0 Å². The Kier molecular flexibility index (Phi) is 8.68. The van der Waals surface area contributed by atoms with Crippen molar-refractivity contribution in [3.8, 4) is 11.5 Å². The third-order valence-corrected chi connectivity index (χ3v) is 5.47. The van der Waals surface area contributed by atoms with Gasteiger partial charge in [-0.05, 0) is 41.8 Å². The van der Waals surface area contributed by atoms with E-state index in [0.717, 1.165) is 16.7 Å². The molecule has 0 aliphatic heterocycles. The zero-order valence-electron chi connectivity index (χ0n) is 17.3. The molecule has 3 aromatic carbocycles. The molecule has 0 amide bonds. The van der Waals surface area contributed by atoms with Crippen LogP contribution in [0.5, 0.6) is 11.5 Å². The Labute approximate surface area is 183 Å². The molecule has 7 heteroatoms. The molecule has 0 aromatic heterocycles. The van der Waals surface area contributed by atoms with E-state index in [-0.39, 0.29) is 6.16 Å². The highest BCUT2D eigenvalue weighted by Crippen LogP contribution is 2.34. The van der Waals surface area contributed by atoms with Gasteiger partial charge in [0.25, 0.3) is 0 Å². The number of hydrogen-bond acceptors (Lipinski definition) is 4. The van der Waals surface area contributed by atoms with Gasteiger partial charge in [0.2, 0.25) is 0 Å². The van der Waals surface area contributed by atoms with E-state index in [1.54, 1.807) is 0 Å². The van der Waals surface area contributed by atoms with Gasteiger partial charge in [-0.25, -0.2) is 0 Å². The van der Waals surface area contributed by atoms with Crippen LogP contribution in [0.25, 0.3) is 0 Å². The lowest BCUT2D eigenvalue weighted by molar-refractivity contribution is 0.289. The van der Waals surface area contributed by atoms with Gasteiger partial charge in [-0.15, -0.1) is 0 Å². The summed E-state index contributed by atoms with van der Waals surface area (Å²) in [6, 6.07) is 25.7. The molecule has 3 rings (SSSR count). The zero-order chi connectivity index (χ0) is 21.9. The maximum absolute atomic E-state index is 11.0. The quantitative estimate of drug-likeness (QED) is 0.283. The van der Waals surface area contributed by atoms with E-state index in [1.807, 2.05) is 78.9 Å². The molecule has 0 bridgehead atoms. The average molecular weight is 441 g/mol. The molecule has 0 heterocycles. The van der Waals surface area contributed by atoms with Crippen LogP contribution in [0.3, 0.4) is 0 Å². The number of nitrogens with one attached hydrogen (secondary N) is 1. The van der Waals surface area contributed by atoms with Gasteiger partial charge in [-0.1, -0.05) is 60.7 Å². The Hall–Kier alpha value is -2.63. The Morgan fingerprint density at radius 2 is 1.26 bits per heavy atom. The Morgan fingerprint density at radius 3 is 1.74 bits per heavy atom. The first-order valence-electron chi connectivity index (χ1n) is 10.2. The normalized spacial score (nSPS) is 11.3. The van der Waals surface area contributed by atoms with E-state index in [2.05, 4.69) is 5.32 Å². The minimum atomic E-state index is -3.95. The fourth-order valence-corrected chi connectivity index (χ4v) is 3.59. The van der Waals surface area contributed by atoms with Crippen molar-refractivity contribution in [2.75, 3.05) is 12.7 Å². The molecule has 0 radical (unpaired) electrons. The minimum absolute atomic E-state index is 0.119. The highest BCUT2D eigenvalue weighted by Gasteiger charge is 2.11. The second-order valence-corrected chi connectivity index (χ2v) is 9.06. The molecular weight excluding hydrogens is 413 g/mol. The molecular formula is C24H28NO5P. The highest BCUT2D eigenvalue weighted by atomic mass is 31.2. The molecule has 164 valence electrons. The van der Waals surface area contributed by atoms with Crippen molar-refractivity contribution in [1.29, 1.82) is 0 Å². The van der Waals surface area contributed by atoms with Crippen molar-refractivity contribution >= 4 is 7.60 Å². The first kappa shape index (κ1) is 23.0. The highest BCUT2D eigenvalue weighted by molar-refractivity contribution is 7.51. The van der Waals surface area contributed by atoms with Gasteiger partial charge >= 0.3 is 7.60 Å². The first-order valence-corrected chi connectivity index (χ1v) is 12.0. The van der Waals surface area contributed by atoms with Crippen LogP contribution >= 0.6 is 7.60 Å². The molecule has 0 unspecified atom stereocenters. The largest absolute Gasteiger partial charge is 0.489 e. The lowest BCUT2D eigenvalue weighted by Crippen LogP contribution is -2.16. The van der Waals surface area contributed by atoms with Crippen LogP contribution in [-0.4, -0.2) is 22.5 Å². The second-order valence-electron chi connectivity index (χ2n) is 7.28. The summed E-state index contributed by atoms with van der Waals surface area (Å²) in [6.07, 6.45) is 0.289. The van der Waals surface area contributed by atoms with Gasteiger partial charge in [0.15, 0.2) is 0 Å². The molecule has 3 aromatic rings. The van der Waals surface area contributed by atoms with Gasteiger partial charge in [-0.2, -0.15) is 0 Å². The fourth-order valence-electron chi connectivity index (χ4n) is 3.02. The Balaban J connectivity index is 1.63. The van der Waals surface area contributed by atoms with Crippen LogP contribution in [-0.2, 0) is 24.3 Å².